The van der Waals surface area contributed by atoms with Crippen molar-refractivity contribution in [3.63, 3.8) is 0 Å². The zero-order valence-electron chi connectivity index (χ0n) is 9.55. The lowest BCUT2D eigenvalue weighted by atomic mass is 9.76. The van der Waals surface area contributed by atoms with Gasteiger partial charge < -0.3 is 5.73 Å². The van der Waals surface area contributed by atoms with Crippen LogP contribution >= 0.6 is 11.3 Å². The van der Waals surface area contributed by atoms with Crippen LogP contribution in [0, 0.1) is 12.8 Å². The van der Waals surface area contributed by atoms with Crippen LogP contribution in [0.25, 0.3) is 0 Å². The molecule has 0 spiro atoms. The minimum atomic E-state index is -4.14. The van der Waals surface area contributed by atoms with Crippen molar-refractivity contribution in [3.05, 3.63) is 16.1 Å². The summed E-state index contributed by atoms with van der Waals surface area (Å²) in [6.45, 7) is 1.83. The van der Waals surface area contributed by atoms with Crippen LogP contribution in [0.5, 0.6) is 0 Å². The fourth-order valence-corrected chi connectivity index (χ4v) is 3.32. The molecule has 1 aromatic heterocycles. The molecular weight excluding hydrogens is 249 g/mol. The van der Waals surface area contributed by atoms with E-state index >= 15 is 0 Å². The molecule has 2 N–H and O–H groups in total. The van der Waals surface area contributed by atoms with Crippen LogP contribution < -0.4 is 5.73 Å². The first-order valence-electron chi connectivity index (χ1n) is 5.59. The van der Waals surface area contributed by atoms with Gasteiger partial charge in [0.1, 0.15) is 5.01 Å². The van der Waals surface area contributed by atoms with E-state index in [1.54, 1.807) is 0 Å². The first-order chi connectivity index (χ1) is 7.81. The summed E-state index contributed by atoms with van der Waals surface area (Å²) in [5.74, 6) is -1.29. The number of aryl methyl sites for hydroxylation is 1. The Labute approximate surface area is 102 Å². The van der Waals surface area contributed by atoms with Crippen LogP contribution in [0.2, 0.25) is 0 Å². The summed E-state index contributed by atoms with van der Waals surface area (Å²) in [5.41, 5.74) is 6.06. The Bertz CT molecular complexity index is 402. The van der Waals surface area contributed by atoms with Crippen molar-refractivity contribution in [2.75, 3.05) is 0 Å². The fourth-order valence-electron chi connectivity index (χ4n) is 2.36. The smallest absolute Gasteiger partial charge is 0.319 e. The van der Waals surface area contributed by atoms with E-state index in [0.29, 0.717) is 17.8 Å². The molecule has 0 aliphatic heterocycles. The molecule has 1 aliphatic carbocycles. The van der Waals surface area contributed by atoms with Crippen molar-refractivity contribution in [1.82, 2.24) is 4.98 Å². The maximum absolute atomic E-state index is 12.7. The number of hydrogen-bond donors (Lipinski definition) is 1. The third-order valence-corrected chi connectivity index (χ3v) is 4.47. The summed E-state index contributed by atoms with van der Waals surface area (Å²) in [6.07, 6.45) is -2.89. The van der Waals surface area contributed by atoms with Crippen LogP contribution in [0.15, 0.2) is 5.38 Å². The predicted molar refractivity (Wildman–Crippen MR) is 60.7 cm³/mol. The Balaban J connectivity index is 2.21. The topological polar surface area (TPSA) is 38.9 Å². The van der Waals surface area contributed by atoms with Gasteiger partial charge in [-0.05, 0) is 26.2 Å². The van der Waals surface area contributed by atoms with E-state index in [0.717, 1.165) is 5.69 Å². The van der Waals surface area contributed by atoms with Gasteiger partial charge in [0.15, 0.2) is 0 Å². The third-order valence-electron chi connectivity index (χ3n) is 3.29. The standard InChI is InChI=1S/C11H15F3N2S/c1-7-6-17-9(16-7)10(15)4-2-3-8(5-10)11(12,13)14/h6,8H,2-5,15H2,1H3. The largest absolute Gasteiger partial charge is 0.391 e. The van der Waals surface area contributed by atoms with Crippen molar-refractivity contribution in [2.45, 2.75) is 44.3 Å². The quantitative estimate of drug-likeness (QED) is 0.844. The lowest BCUT2D eigenvalue weighted by Crippen LogP contribution is -2.44. The molecule has 2 rings (SSSR count). The van der Waals surface area contributed by atoms with Crippen molar-refractivity contribution in [1.29, 1.82) is 0 Å². The van der Waals surface area contributed by atoms with Crippen molar-refractivity contribution >= 4 is 11.3 Å². The number of rotatable bonds is 1. The van der Waals surface area contributed by atoms with Crippen molar-refractivity contribution in [3.8, 4) is 0 Å². The van der Waals surface area contributed by atoms with Crippen LogP contribution in [0.1, 0.15) is 36.4 Å². The maximum atomic E-state index is 12.7. The molecule has 1 heterocycles. The maximum Gasteiger partial charge on any atom is 0.391 e. The van der Waals surface area contributed by atoms with E-state index in [-0.39, 0.29) is 12.8 Å². The van der Waals surface area contributed by atoms with Crippen LogP contribution in [0.3, 0.4) is 0 Å². The van der Waals surface area contributed by atoms with Gasteiger partial charge >= 0.3 is 6.18 Å². The minimum Gasteiger partial charge on any atom is -0.319 e. The summed E-state index contributed by atoms with van der Waals surface area (Å²) < 4.78 is 38.2. The zero-order valence-corrected chi connectivity index (χ0v) is 10.4. The Morgan fingerprint density at radius 2 is 2.24 bits per heavy atom. The first kappa shape index (κ1) is 12.8. The van der Waals surface area contributed by atoms with Gasteiger partial charge in [-0.3, -0.25) is 0 Å². The summed E-state index contributed by atoms with van der Waals surface area (Å²) in [4.78, 5) is 4.25. The van der Waals surface area contributed by atoms with Gasteiger partial charge in [0.2, 0.25) is 0 Å². The summed E-state index contributed by atoms with van der Waals surface area (Å²) in [5, 5.41) is 2.48. The first-order valence-corrected chi connectivity index (χ1v) is 6.47. The van der Waals surface area contributed by atoms with Crippen molar-refractivity contribution < 1.29 is 13.2 Å². The number of nitrogens with zero attached hydrogens (tertiary/aromatic N) is 1. The Kier molecular flexibility index (Phi) is 3.20. The van der Waals surface area contributed by atoms with Gasteiger partial charge in [0, 0.05) is 11.1 Å². The van der Waals surface area contributed by atoms with E-state index in [9.17, 15) is 13.2 Å². The lowest BCUT2D eigenvalue weighted by Gasteiger charge is -2.37. The molecule has 1 fully saturated rings. The monoisotopic (exact) mass is 264 g/mol. The second-order valence-electron chi connectivity index (χ2n) is 4.79. The van der Waals surface area contributed by atoms with Gasteiger partial charge in [-0.1, -0.05) is 6.42 Å². The Morgan fingerprint density at radius 1 is 1.53 bits per heavy atom. The molecule has 1 saturated carbocycles. The van der Waals surface area contributed by atoms with Gasteiger partial charge in [-0.15, -0.1) is 11.3 Å². The predicted octanol–water partition coefficient (Wildman–Crippen LogP) is 3.36. The molecule has 2 nitrogen and oxygen atoms in total. The minimum absolute atomic E-state index is 0.0382. The molecule has 1 aliphatic rings. The third kappa shape index (κ3) is 2.63. The fraction of sp³-hybridized carbons (Fsp3) is 0.727. The van der Waals surface area contributed by atoms with Gasteiger partial charge in [-0.25, -0.2) is 4.98 Å². The highest BCUT2D eigenvalue weighted by Crippen LogP contribution is 2.45. The van der Waals surface area contributed by atoms with Crippen LogP contribution in [-0.2, 0) is 5.54 Å². The van der Waals surface area contributed by atoms with E-state index in [1.807, 2.05) is 12.3 Å². The normalized spacial score (nSPS) is 30.5. The molecule has 2 unspecified atom stereocenters. The van der Waals surface area contributed by atoms with Crippen LogP contribution in [-0.4, -0.2) is 11.2 Å². The van der Waals surface area contributed by atoms with E-state index in [1.165, 1.54) is 11.3 Å². The number of nitrogens with two attached hydrogens (primary N) is 1. The molecule has 17 heavy (non-hydrogen) atoms. The summed E-state index contributed by atoms with van der Waals surface area (Å²) in [7, 11) is 0. The number of halogens is 3. The number of hydrogen-bond acceptors (Lipinski definition) is 3. The molecule has 0 amide bonds. The van der Waals surface area contributed by atoms with E-state index in [4.69, 9.17) is 5.73 Å². The SMILES string of the molecule is Cc1csc(C2(N)CCCC(C(F)(F)F)C2)n1. The molecule has 1 aromatic rings. The highest BCUT2D eigenvalue weighted by molar-refractivity contribution is 7.09. The molecule has 6 heteroatoms. The highest BCUT2D eigenvalue weighted by Gasteiger charge is 2.47. The molecule has 0 saturated heterocycles. The van der Waals surface area contributed by atoms with Crippen molar-refractivity contribution in [2.24, 2.45) is 11.7 Å². The van der Waals surface area contributed by atoms with E-state index < -0.39 is 17.6 Å². The van der Waals surface area contributed by atoms with Gasteiger partial charge in [0.05, 0.1) is 11.5 Å². The van der Waals surface area contributed by atoms with Gasteiger partial charge in [0.25, 0.3) is 0 Å². The molecule has 0 radical (unpaired) electrons. The average molecular weight is 264 g/mol. The molecule has 96 valence electrons. The Hall–Kier alpha value is -0.620. The number of alkyl halides is 3. The molecular formula is C11H15F3N2S. The molecule has 2 atom stereocenters. The number of thiazole rings is 1. The molecule has 0 bridgehead atoms. The van der Waals surface area contributed by atoms with Crippen LogP contribution in [0.4, 0.5) is 13.2 Å². The van der Waals surface area contributed by atoms with E-state index in [2.05, 4.69) is 4.98 Å². The second kappa shape index (κ2) is 4.24. The Morgan fingerprint density at radius 3 is 2.76 bits per heavy atom. The second-order valence-corrected chi connectivity index (χ2v) is 5.64. The lowest BCUT2D eigenvalue weighted by molar-refractivity contribution is -0.187. The number of aromatic nitrogens is 1. The summed E-state index contributed by atoms with van der Waals surface area (Å²) >= 11 is 1.36. The summed E-state index contributed by atoms with van der Waals surface area (Å²) in [6, 6.07) is 0. The van der Waals surface area contributed by atoms with Gasteiger partial charge in [-0.2, -0.15) is 13.2 Å². The average Bonchev–Trinajstić information content (AvgIpc) is 2.64. The highest BCUT2D eigenvalue weighted by atomic mass is 32.1. The zero-order chi connectivity index (χ0) is 12.7. The molecule has 0 aromatic carbocycles.